The molecule has 0 aliphatic heterocycles. The van der Waals surface area contributed by atoms with Crippen LogP contribution in [0.25, 0.3) is 0 Å². The molecule has 0 saturated carbocycles. The van der Waals surface area contributed by atoms with Gasteiger partial charge in [-0.1, -0.05) is 6.07 Å². The van der Waals surface area contributed by atoms with Crippen LogP contribution in [0.5, 0.6) is 0 Å². The lowest BCUT2D eigenvalue weighted by Crippen LogP contribution is -2.42. The minimum Gasteiger partial charge on any atom is -0.265 e. The first kappa shape index (κ1) is 14.9. The van der Waals surface area contributed by atoms with E-state index in [1.165, 1.54) is 0 Å². The van der Waals surface area contributed by atoms with Gasteiger partial charge in [0.15, 0.2) is 0 Å². The van der Waals surface area contributed by atoms with E-state index in [9.17, 15) is 29.0 Å². The first-order chi connectivity index (χ1) is 8.67. The van der Waals surface area contributed by atoms with E-state index in [4.69, 9.17) is 0 Å². The molecule has 0 aliphatic rings. The minimum atomic E-state index is -1.86. The molecule has 0 heterocycles. The molecule has 6 nitrogen and oxygen atoms in total. The quantitative estimate of drug-likeness (QED) is 0.609. The highest BCUT2D eigenvalue weighted by atomic mass is 19.1. The normalized spacial score (nSPS) is 13.1. The fraction of sp³-hybridized carbons (Fsp3) is 0.455. The maximum Gasteiger partial charge on any atom is 0.230 e. The maximum absolute atomic E-state index is 13.7. The molecule has 0 saturated heterocycles. The standard InChI is InChI=1S/C11H12F2N2O4/c1-11(2,15(18)19)7(6-14(16)17)10-8(12)4-3-5-9(10)13/h3-5,7H,6H2,1-2H3/t7-/m0/s1. The maximum atomic E-state index is 13.7. The van der Waals surface area contributed by atoms with Gasteiger partial charge in [-0.25, -0.2) is 8.78 Å². The van der Waals surface area contributed by atoms with Crippen LogP contribution in [-0.2, 0) is 0 Å². The number of hydrogen-bond acceptors (Lipinski definition) is 4. The lowest BCUT2D eigenvalue weighted by atomic mass is 9.82. The molecule has 1 atom stereocenters. The molecule has 0 bridgehead atoms. The molecular formula is C11H12F2N2O4. The van der Waals surface area contributed by atoms with E-state index in [1.807, 2.05) is 0 Å². The summed E-state index contributed by atoms with van der Waals surface area (Å²) in [6, 6.07) is 2.93. The minimum absolute atomic E-state index is 0.624. The molecular weight excluding hydrogens is 262 g/mol. The fourth-order valence-corrected chi connectivity index (χ4v) is 1.79. The molecule has 19 heavy (non-hydrogen) atoms. The predicted octanol–water partition coefficient (Wildman–Crippen LogP) is 2.38. The van der Waals surface area contributed by atoms with Crippen LogP contribution < -0.4 is 0 Å². The van der Waals surface area contributed by atoms with Gasteiger partial charge in [-0.3, -0.25) is 20.2 Å². The van der Waals surface area contributed by atoms with Gasteiger partial charge in [0.1, 0.15) is 17.6 Å². The highest BCUT2D eigenvalue weighted by Gasteiger charge is 2.47. The summed E-state index contributed by atoms with van der Waals surface area (Å²) < 4.78 is 27.3. The number of hydrogen-bond donors (Lipinski definition) is 0. The third-order valence-corrected chi connectivity index (χ3v) is 3.00. The molecule has 1 aromatic carbocycles. The number of rotatable bonds is 5. The van der Waals surface area contributed by atoms with Crippen molar-refractivity contribution in [2.45, 2.75) is 25.3 Å². The summed E-state index contributed by atoms with van der Waals surface area (Å²) in [4.78, 5) is 20.0. The van der Waals surface area contributed by atoms with Crippen molar-refractivity contribution < 1.29 is 18.6 Å². The molecule has 0 unspecified atom stereocenters. The summed E-state index contributed by atoms with van der Waals surface area (Å²) in [6.07, 6.45) is 0. The zero-order valence-corrected chi connectivity index (χ0v) is 10.3. The Balaban J connectivity index is 3.40. The second-order valence-corrected chi connectivity index (χ2v) is 4.61. The van der Waals surface area contributed by atoms with Gasteiger partial charge in [0, 0.05) is 29.3 Å². The number of benzene rings is 1. The third-order valence-electron chi connectivity index (χ3n) is 3.00. The van der Waals surface area contributed by atoms with Crippen molar-refractivity contribution >= 4 is 0 Å². The Morgan fingerprint density at radius 1 is 1.21 bits per heavy atom. The van der Waals surface area contributed by atoms with Gasteiger partial charge in [0.25, 0.3) is 0 Å². The van der Waals surface area contributed by atoms with E-state index in [-0.39, 0.29) is 0 Å². The summed E-state index contributed by atoms with van der Waals surface area (Å²) >= 11 is 0. The van der Waals surface area contributed by atoms with Crippen LogP contribution in [0.4, 0.5) is 8.78 Å². The zero-order valence-electron chi connectivity index (χ0n) is 10.3. The van der Waals surface area contributed by atoms with E-state index in [1.54, 1.807) is 0 Å². The largest absolute Gasteiger partial charge is 0.265 e. The summed E-state index contributed by atoms with van der Waals surface area (Å²) in [5.74, 6) is -3.55. The van der Waals surface area contributed by atoms with Crippen molar-refractivity contribution in [3.8, 4) is 0 Å². The Bertz CT molecular complexity index is 499. The summed E-state index contributed by atoms with van der Waals surface area (Å²) in [5, 5.41) is 21.6. The third kappa shape index (κ3) is 3.01. The van der Waals surface area contributed by atoms with Crippen molar-refractivity contribution in [1.82, 2.24) is 0 Å². The van der Waals surface area contributed by atoms with Gasteiger partial charge in [0.2, 0.25) is 12.1 Å². The Labute approximate surface area is 107 Å². The van der Waals surface area contributed by atoms with Crippen LogP contribution in [-0.4, -0.2) is 21.9 Å². The van der Waals surface area contributed by atoms with Crippen LogP contribution in [0.3, 0.4) is 0 Å². The van der Waals surface area contributed by atoms with Gasteiger partial charge in [-0.2, -0.15) is 0 Å². The molecule has 0 N–H and O–H groups in total. The molecule has 0 radical (unpaired) electrons. The lowest BCUT2D eigenvalue weighted by molar-refractivity contribution is -0.580. The second-order valence-electron chi connectivity index (χ2n) is 4.61. The molecule has 0 amide bonds. The smallest absolute Gasteiger partial charge is 0.230 e. The molecule has 8 heteroatoms. The molecule has 0 fully saturated rings. The van der Waals surface area contributed by atoms with Crippen LogP contribution >= 0.6 is 0 Å². The zero-order chi connectivity index (χ0) is 14.8. The summed E-state index contributed by atoms with van der Waals surface area (Å²) in [5.41, 5.74) is -2.49. The lowest BCUT2D eigenvalue weighted by Gasteiger charge is -2.24. The predicted molar refractivity (Wildman–Crippen MR) is 62.0 cm³/mol. The van der Waals surface area contributed by atoms with E-state index in [0.717, 1.165) is 32.0 Å². The molecule has 1 rings (SSSR count). The van der Waals surface area contributed by atoms with Crippen LogP contribution in [0, 0.1) is 31.9 Å². The Morgan fingerprint density at radius 3 is 2.05 bits per heavy atom. The monoisotopic (exact) mass is 274 g/mol. The van der Waals surface area contributed by atoms with Crippen LogP contribution in [0.1, 0.15) is 25.3 Å². The van der Waals surface area contributed by atoms with Crippen molar-refractivity contribution in [2.24, 2.45) is 0 Å². The first-order valence-electron chi connectivity index (χ1n) is 5.38. The number of nitrogens with zero attached hydrogens (tertiary/aromatic N) is 2. The first-order valence-corrected chi connectivity index (χ1v) is 5.38. The topological polar surface area (TPSA) is 86.3 Å². The highest BCUT2D eigenvalue weighted by Crippen LogP contribution is 2.34. The molecule has 0 aliphatic carbocycles. The Hall–Kier alpha value is -2.12. The average Bonchev–Trinajstić information content (AvgIpc) is 2.26. The Kier molecular flexibility index (Phi) is 4.13. The van der Waals surface area contributed by atoms with Crippen molar-refractivity contribution in [1.29, 1.82) is 0 Å². The van der Waals surface area contributed by atoms with Gasteiger partial charge < -0.3 is 0 Å². The van der Waals surface area contributed by atoms with Gasteiger partial charge in [-0.15, -0.1) is 0 Å². The molecule has 0 spiro atoms. The number of nitro groups is 2. The van der Waals surface area contributed by atoms with Gasteiger partial charge >= 0.3 is 0 Å². The average molecular weight is 274 g/mol. The SMILES string of the molecule is CC(C)([C@@H](C[N+](=O)[O-])c1c(F)cccc1F)[N+](=O)[O-]. The van der Waals surface area contributed by atoms with Crippen LogP contribution in [0.2, 0.25) is 0 Å². The van der Waals surface area contributed by atoms with E-state index in [0.29, 0.717) is 0 Å². The Morgan fingerprint density at radius 2 is 1.68 bits per heavy atom. The highest BCUT2D eigenvalue weighted by molar-refractivity contribution is 5.26. The number of halogens is 2. The molecule has 1 aromatic rings. The summed E-state index contributed by atoms with van der Waals surface area (Å²) in [6.45, 7) is 1.28. The fourth-order valence-electron chi connectivity index (χ4n) is 1.79. The van der Waals surface area contributed by atoms with E-state index >= 15 is 0 Å². The second kappa shape index (κ2) is 5.25. The molecule has 0 aromatic heterocycles. The van der Waals surface area contributed by atoms with Crippen molar-refractivity contribution in [3.63, 3.8) is 0 Å². The van der Waals surface area contributed by atoms with E-state index in [2.05, 4.69) is 0 Å². The van der Waals surface area contributed by atoms with Crippen molar-refractivity contribution in [2.75, 3.05) is 6.54 Å². The summed E-state index contributed by atoms with van der Waals surface area (Å²) in [7, 11) is 0. The molecule has 104 valence electrons. The van der Waals surface area contributed by atoms with Gasteiger partial charge in [0.05, 0.1) is 0 Å². The van der Waals surface area contributed by atoms with Gasteiger partial charge in [-0.05, 0) is 12.1 Å². The van der Waals surface area contributed by atoms with E-state index < -0.39 is 45.0 Å². The van der Waals surface area contributed by atoms with Crippen molar-refractivity contribution in [3.05, 3.63) is 55.6 Å². The van der Waals surface area contributed by atoms with Crippen LogP contribution in [0.15, 0.2) is 18.2 Å².